The molecule has 0 saturated carbocycles. The van der Waals surface area contributed by atoms with Gasteiger partial charge < -0.3 is 10.4 Å². The fraction of sp³-hybridized carbons (Fsp3) is 0.231. The van der Waals surface area contributed by atoms with E-state index in [1.807, 2.05) is 0 Å². The Hall–Kier alpha value is -2.07. The van der Waals surface area contributed by atoms with E-state index in [1.54, 1.807) is 0 Å². The number of hydrogen-bond donors (Lipinski definition) is 2. The van der Waals surface area contributed by atoms with Gasteiger partial charge in [-0.3, -0.25) is 9.59 Å². The SMILES string of the molecule is O=C(O)CC1SC(=NN=Cc2cc(Cl)ccc2C(F)(F)F)NC1=O. The predicted molar refractivity (Wildman–Crippen MR) is 83.3 cm³/mol. The molecular formula is C13H9ClF3N3O3S. The highest BCUT2D eigenvalue weighted by molar-refractivity contribution is 8.15. The monoisotopic (exact) mass is 379 g/mol. The molecule has 2 N–H and O–H groups in total. The van der Waals surface area contributed by atoms with E-state index >= 15 is 0 Å². The van der Waals surface area contributed by atoms with Gasteiger partial charge in [0.25, 0.3) is 0 Å². The first-order chi connectivity index (χ1) is 11.2. The number of nitrogens with one attached hydrogen (secondary N) is 1. The number of amides is 1. The Labute approximate surface area is 142 Å². The third-order valence-corrected chi connectivity index (χ3v) is 4.11. The van der Waals surface area contributed by atoms with Crippen molar-refractivity contribution in [3.05, 3.63) is 34.3 Å². The third-order valence-electron chi connectivity index (χ3n) is 2.80. The molecule has 0 radical (unpaired) electrons. The second-order valence-corrected chi connectivity index (χ2v) is 6.20. The van der Waals surface area contributed by atoms with Crippen LogP contribution >= 0.6 is 23.4 Å². The fourth-order valence-electron chi connectivity index (χ4n) is 1.79. The summed E-state index contributed by atoms with van der Waals surface area (Å²) in [6.45, 7) is 0. The van der Waals surface area contributed by atoms with Gasteiger partial charge in [-0.1, -0.05) is 23.4 Å². The van der Waals surface area contributed by atoms with E-state index < -0.39 is 35.3 Å². The van der Waals surface area contributed by atoms with Crippen LogP contribution in [0.4, 0.5) is 13.2 Å². The number of aliphatic carboxylic acids is 1. The molecule has 1 amide bonds. The molecule has 128 valence electrons. The van der Waals surface area contributed by atoms with Gasteiger partial charge >= 0.3 is 12.1 Å². The van der Waals surface area contributed by atoms with Crippen molar-refractivity contribution in [2.75, 3.05) is 0 Å². The molecule has 1 aliphatic heterocycles. The molecule has 1 aromatic carbocycles. The highest BCUT2D eigenvalue weighted by Crippen LogP contribution is 2.32. The number of halogens is 4. The molecule has 0 spiro atoms. The van der Waals surface area contributed by atoms with Crippen molar-refractivity contribution in [2.45, 2.75) is 17.8 Å². The zero-order chi connectivity index (χ0) is 17.9. The average molecular weight is 380 g/mol. The number of nitrogens with zero attached hydrogens (tertiary/aromatic N) is 2. The van der Waals surface area contributed by atoms with E-state index in [1.165, 1.54) is 0 Å². The summed E-state index contributed by atoms with van der Waals surface area (Å²) in [5.74, 6) is -1.70. The van der Waals surface area contributed by atoms with E-state index in [2.05, 4.69) is 15.5 Å². The van der Waals surface area contributed by atoms with Crippen molar-refractivity contribution < 1.29 is 27.9 Å². The van der Waals surface area contributed by atoms with Gasteiger partial charge in [-0.05, 0) is 18.2 Å². The standard InChI is InChI=1S/C13H9ClF3N3O3S/c14-7-1-2-8(13(15,16)17)6(3-7)5-18-20-12-19-11(23)9(24-12)4-10(21)22/h1-3,5,9H,4H2,(H,21,22)(H,19,20,23). The summed E-state index contributed by atoms with van der Waals surface area (Å²) >= 11 is 6.52. The van der Waals surface area contributed by atoms with E-state index in [-0.39, 0.29) is 15.8 Å². The maximum Gasteiger partial charge on any atom is 0.417 e. The van der Waals surface area contributed by atoms with Crippen LogP contribution in [0.5, 0.6) is 0 Å². The highest BCUT2D eigenvalue weighted by atomic mass is 35.5. The van der Waals surface area contributed by atoms with Crippen LogP contribution in [0.15, 0.2) is 28.4 Å². The molecule has 1 saturated heterocycles. The van der Waals surface area contributed by atoms with Gasteiger partial charge in [0.15, 0.2) is 5.17 Å². The Kier molecular flexibility index (Phi) is 5.50. The number of thioether (sulfide) groups is 1. The van der Waals surface area contributed by atoms with Gasteiger partial charge in [0.2, 0.25) is 5.91 Å². The van der Waals surface area contributed by atoms with Gasteiger partial charge in [-0.2, -0.15) is 18.3 Å². The van der Waals surface area contributed by atoms with Crippen molar-refractivity contribution in [2.24, 2.45) is 10.2 Å². The zero-order valence-corrected chi connectivity index (χ0v) is 13.2. The molecule has 1 heterocycles. The molecule has 2 rings (SSSR count). The molecule has 0 bridgehead atoms. The zero-order valence-electron chi connectivity index (χ0n) is 11.7. The summed E-state index contributed by atoms with van der Waals surface area (Å²) in [6, 6.07) is 3.02. The van der Waals surface area contributed by atoms with Crippen molar-refractivity contribution in [1.82, 2.24) is 5.32 Å². The molecule has 11 heteroatoms. The molecule has 24 heavy (non-hydrogen) atoms. The fourth-order valence-corrected chi connectivity index (χ4v) is 2.88. The first-order valence-electron chi connectivity index (χ1n) is 6.34. The number of carbonyl (C=O) groups is 2. The minimum atomic E-state index is -4.58. The van der Waals surface area contributed by atoms with Crippen LogP contribution in [0.2, 0.25) is 5.02 Å². The third kappa shape index (κ3) is 4.71. The number of benzene rings is 1. The van der Waals surface area contributed by atoms with Crippen LogP contribution in [0, 0.1) is 0 Å². The molecule has 1 fully saturated rings. The van der Waals surface area contributed by atoms with E-state index in [0.717, 1.165) is 36.2 Å². The van der Waals surface area contributed by atoms with Gasteiger partial charge in [-0.25, -0.2) is 0 Å². The molecule has 0 aromatic heterocycles. The van der Waals surface area contributed by atoms with Crippen LogP contribution in [0.25, 0.3) is 0 Å². The lowest BCUT2D eigenvalue weighted by atomic mass is 10.1. The first kappa shape index (κ1) is 18.3. The number of rotatable bonds is 4. The summed E-state index contributed by atoms with van der Waals surface area (Å²) in [4.78, 5) is 22.1. The second kappa shape index (κ2) is 7.22. The number of alkyl halides is 3. The molecular weight excluding hydrogens is 371 g/mol. The number of carbonyl (C=O) groups excluding carboxylic acids is 1. The van der Waals surface area contributed by atoms with Gasteiger partial charge in [0.05, 0.1) is 18.2 Å². The van der Waals surface area contributed by atoms with E-state index in [4.69, 9.17) is 16.7 Å². The summed E-state index contributed by atoms with van der Waals surface area (Å²) in [5, 5.41) is 17.3. The Morgan fingerprint density at radius 2 is 2.17 bits per heavy atom. The van der Waals surface area contributed by atoms with Gasteiger partial charge in [-0.15, -0.1) is 5.10 Å². The van der Waals surface area contributed by atoms with E-state index in [0.29, 0.717) is 0 Å². The number of carboxylic acids is 1. The summed E-state index contributed by atoms with van der Waals surface area (Å²) in [6.07, 6.45) is -4.12. The van der Waals surface area contributed by atoms with Crippen LogP contribution in [0.1, 0.15) is 17.5 Å². The lowest BCUT2D eigenvalue weighted by Crippen LogP contribution is -2.26. The molecule has 1 atom stereocenters. The van der Waals surface area contributed by atoms with Crippen molar-refractivity contribution in [3.63, 3.8) is 0 Å². The van der Waals surface area contributed by atoms with Crippen LogP contribution in [-0.4, -0.2) is 33.6 Å². The summed E-state index contributed by atoms with van der Waals surface area (Å²) in [5.41, 5.74) is -1.21. The minimum Gasteiger partial charge on any atom is -0.481 e. The van der Waals surface area contributed by atoms with Gasteiger partial charge in [0, 0.05) is 10.6 Å². The molecule has 0 aliphatic carbocycles. The maximum atomic E-state index is 12.9. The Balaban J connectivity index is 2.16. The first-order valence-corrected chi connectivity index (χ1v) is 7.59. The molecule has 1 aliphatic rings. The average Bonchev–Trinajstić information content (AvgIpc) is 2.77. The molecule has 6 nitrogen and oxygen atoms in total. The Morgan fingerprint density at radius 1 is 1.46 bits per heavy atom. The summed E-state index contributed by atoms with van der Waals surface area (Å²) in [7, 11) is 0. The quantitative estimate of drug-likeness (QED) is 0.621. The Morgan fingerprint density at radius 3 is 2.79 bits per heavy atom. The van der Waals surface area contributed by atoms with Crippen LogP contribution < -0.4 is 5.32 Å². The van der Waals surface area contributed by atoms with Crippen molar-refractivity contribution >= 4 is 46.6 Å². The number of carboxylic acid groups (broad SMARTS) is 1. The predicted octanol–water partition coefficient (Wildman–Crippen LogP) is 2.76. The molecule has 1 aromatic rings. The smallest absolute Gasteiger partial charge is 0.417 e. The number of hydrogen-bond acceptors (Lipinski definition) is 5. The largest absolute Gasteiger partial charge is 0.481 e. The normalized spacial score (nSPS) is 19.9. The lowest BCUT2D eigenvalue weighted by Gasteiger charge is -2.09. The highest BCUT2D eigenvalue weighted by Gasteiger charge is 2.33. The maximum absolute atomic E-state index is 12.9. The summed E-state index contributed by atoms with van der Waals surface area (Å²) < 4.78 is 38.6. The minimum absolute atomic E-state index is 0.0121. The van der Waals surface area contributed by atoms with Crippen molar-refractivity contribution in [3.8, 4) is 0 Å². The second-order valence-electron chi connectivity index (χ2n) is 4.57. The Bertz CT molecular complexity index is 737. The van der Waals surface area contributed by atoms with Crippen LogP contribution in [-0.2, 0) is 15.8 Å². The van der Waals surface area contributed by atoms with Gasteiger partial charge in [0.1, 0.15) is 5.25 Å². The lowest BCUT2D eigenvalue weighted by molar-refractivity contribution is -0.138. The molecule has 1 unspecified atom stereocenters. The van der Waals surface area contributed by atoms with E-state index in [9.17, 15) is 22.8 Å². The van der Waals surface area contributed by atoms with Crippen molar-refractivity contribution in [1.29, 1.82) is 0 Å². The topological polar surface area (TPSA) is 91.1 Å². The van der Waals surface area contributed by atoms with Crippen LogP contribution in [0.3, 0.4) is 0 Å². The number of amidine groups is 1.